The topological polar surface area (TPSA) is 86.7 Å². The monoisotopic (exact) mass is 433 g/mol. The maximum Gasteiger partial charge on any atom is 0.179 e. The van der Waals surface area contributed by atoms with E-state index in [4.69, 9.17) is 4.74 Å². The molecule has 3 aliphatic rings. The molecule has 2 atom stereocenters. The molecule has 3 aromatic rings. The lowest BCUT2D eigenvalue weighted by Gasteiger charge is -2.38. The number of carboxylic acids is 1. The van der Waals surface area contributed by atoms with Crippen molar-refractivity contribution >= 4 is 22.5 Å². The van der Waals surface area contributed by atoms with Crippen LogP contribution in [0.5, 0.6) is 11.5 Å². The van der Waals surface area contributed by atoms with E-state index in [0.717, 1.165) is 27.5 Å². The number of phenols is 1. The first-order valence-electron chi connectivity index (χ1n) is 10.6. The highest BCUT2D eigenvalue weighted by molar-refractivity contribution is 6.03. The number of hydrogen-bond donors (Lipinski definition) is 1. The molecule has 33 heavy (non-hydrogen) atoms. The van der Waals surface area contributed by atoms with Crippen molar-refractivity contribution in [2.45, 2.75) is 5.92 Å². The van der Waals surface area contributed by atoms with Crippen LogP contribution in [0.2, 0.25) is 0 Å². The van der Waals surface area contributed by atoms with Gasteiger partial charge in [0.1, 0.15) is 17.3 Å². The second-order valence-electron chi connectivity index (χ2n) is 8.34. The summed E-state index contributed by atoms with van der Waals surface area (Å²) in [4.78, 5) is 23.9. The highest BCUT2D eigenvalue weighted by atomic mass is 16.5. The van der Waals surface area contributed by atoms with Crippen molar-refractivity contribution in [3.8, 4) is 11.5 Å². The molecule has 1 heterocycles. The van der Waals surface area contributed by atoms with E-state index in [0.29, 0.717) is 17.1 Å². The Morgan fingerprint density at radius 1 is 0.970 bits per heavy atom. The normalized spacial score (nSPS) is 20.6. The van der Waals surface area contributed by atoms with Gasteiger partial charge in [-0.15, -0.1) is 0 Å². The number of carboxylic acid groups (broad SMARTS) is 1. The largest absolute Gasteiger partial charge is 0.545 e. The standard InChI is InChI=1S/C28H18O5/c29-17-7-11-19-15(13-17)5-9-23-25(21-3-1-2-4-22(21)28(31)32)24-10-6-16-14-18(30)8-12-20(16)27(24)33-26(19)23/h1-14,23,25,30H,(H,31,32)/p-1. The number of benzene rings is 3. The van der Waals surface area contributed by atoms with E-state index in [1.165, 1.54) is 6.08 Å². The summed E-state index contributed by atoms with van der Waals surface area (Å²) in [6, 6.07) is 15.8. The molecule has 0 aromatic heterocycles. The number of aromatic carboxylic acids is 1. The molecule has 0 bridgehead atoms. The molecule has 160 valence electrons. The van der Waals surface area contributed by atoms with Crippen molar-refractivity contribution in [1.29, 1.82) is 0 Å². The fourth-order valence-electron chi connectivity index (χ4n) is 5.05. The third-order valence-corrected chi connectivity index (χ3v) is 6.48. The smallest absolute Gasteiger partial charge is 0.179 e. The van der Waals surface area contributed by atoms with E-state index >= 15 is 0 Å². The summed E-state index contributed by atoms with van der Waals surface area (Å²) < 4.78 is 6.53. The van der Waals surface area contributed by atoms with Crippen LogP contribution in [0.1, 0.15) is 27.4 Å². The fourth-order valence-corrected chi connectivity index (χ4v) is 5.05. The van der Waals surface area contributed by atoms with Gasteiger partial charge in [-0.2, -0.15) is 0 Å². The van der Waals surface area contributed by atoms with Crippen LogP contribution in [-0.2, 0) is 4.79 Å². The summed E-state index contributed by atoms with van der Waals surface area (Å²) in [5.74, 6) is -0.500. The van der Waals surface area contributed by atoms with Crippen molar-refractivity contribution in [1.82, 2.24) is 0 Å². The van der Waals surface area contributed by atoms with E-state index < -0.39 is 5.97 Å². The molecule has 0 amide bonds. The van der Waals surface area contributed by atoms with Crippen LogP contribution in [0.3, 0.4) is 0 Å². The predicted octanol–water partition coefficient (Wildman–Crippen LogP) is 3.94. The molecule has 2 unspecified atom stereocenters. The third kappa shape index (κ3) is 2.93. The van der Waals surface area contributed by atoms with Gasteiger partial charge in [0.15, 0.2) is 5.78 Å². The maximum absolute atomic E-state index is 12.0. The average molecular weight is 433 g/mol. The fraction of sp³-hybridized carbons (Fsp3) is 0.0714. The number of ether oxygens (including phenoxy) is 1. The number of carbonyl (C=O) groups excluding carboxylic acids is 2. The van der Waals surface area contributed by atoms with E-state index in [2.05, 4.69) is 0 Å². The molecular formula is C28H17O5-. The zero-order valence-electron chi connectivity index (χ0n) is 17.3. The molecule has 0 saturated carbocycles. The molecule has 0 radical (unpaired) electrons. The first-order valence-corrected chi connectivity index (χ1v) is 10.6. The summed E-state index contributed by atoms with van der Waals surface area (Å²) >= 11 is 0. The lowest BCUT2D eigenvalue weighted by Crippen LogP contribution is -2.30. The van der Waals surface area contributed by atoms with Crippen LogP contribution in [0.4, 0.5) is 0 Å². The SMILES string of the molecule is O=C1C=CC2=C3Oc4c(ccc5cc(O)ccc45)C(c4ccccc4C(=O)[O-])C3C=CC2=C1. The Kier molecular flexibility index (Phi) is 4.14. The van der Waals surface area contributed by atoms with Gasteiger partial charge in [0.2, 0.25) is 0 Å². The van der Waals surface area contributed by atoms with Gasteiger partial charge in [-0.05, 0) is 52.9 Å². The number of allylic oxidation sites excluding steroid dienone is 7. The number of fused-ring (bicyclic) bond motifs is 5. The minimum Gasteiger partial charge on any atom is -0.545 e. The number of carbonyl (C=O) groups is 2. The second-order valence-corrected chi connectivity index (χ2v) is 8.34. The summed E-state index contributed by atoms with van der Waals surface area (Å²) in [5.41, 5.74) is 3.19. The van der Waals surface area contributed by atoms with Crippen LogP contribution in [0.15, 0.2) is 102 Å². The van der Waals surface area contributed by atoms with Gasteiger partial charge < -0.3 is 19.7 Å². The second kappa shape index (κ2) is 7.07. The van der Waals surface area contributed by atoms with Crippen LogP contribution in [0.25, 0.3) is 10.8 Å². The van der Waals surface area contributed by atoms with Gasteiger partial charge in [-0.1, -0.05) is 48.6 Å². The number of rotatable bonds is 2. The van der Waals surface area contributed by atoms with Gasteiger partial charge in [0.05, 0.1) is 5.97 Å². The molecule has 2 aliphatic carbocycles. The number of ketones is 1. The molecule has 0 saturated heterocycles. The molecule has 5 heteroatoms. The minimum absolute atomic E-state index is 0.0894. The van der Waals surface area contributed by atoms with Crippen LogP contribution in [-0.4, -0.2) is 16.9 Å². The first-order chi connectivity index (χ1) is 16.0. The first kappa shape index (κ1) is 19.3. The number of hydrogen-bond acceptors (Lipinski definition) is 5. The highest BCUT2D eigenvalue weighted by Gasteiger charge is 2.40. The summed E-state index contributed by atoms with van der Waals surface area (Å²) in [6.45, 7) is 0. The van der Waals surface area contributed by atoms with E-state index in [-0.39, 0.29) is 28.9 Å². The van der Waals surface area contributed by atoms with Crippen molar-refractivity contribution in [2.75, 3.05) is 0 Å². The van der Waals surface area contributed by atoms with Gasteiger partial charge in [0, 0.05) is 33.9 Å². The molecular weight excluding hydrogens is 416 g/mol. The summed E-state index contributed by atoms with van der Waals surface area (Å²) in [6.07, 6.45) is 8.70. The number of aromatic hydroxyl groups is 1. The highest BCUT2D eigenvalue weighted by Crippen LogP contribution is 2.52. The van der Waals surface area contributed by atoms with Crippen molar-refractivity contribution in [2.24, 2.45) is 5.92 Å². The van der Waals surface area contributed by atoms with Crippen molar-refractivity contribution in [3.63, 3.8) is 0 Å². The van der Waals surface area contributed by atoms with E-state index in [1.807, 2.05) is 36.4 Å². The maximum atomic E-state index is 12.0. The molecule has 6 rings (SSSR count). The van der Waals surface area contributed by atoms with Crippen LogP contribution in [0, 0.1) is 5.92 Å². The Morgan fingerprint density at radius 3 is 2.67 bits per heavy atom. The van der Waals surface area contributed by atoms with Gasteiger partial charge in [0.25, 0.3) is 0 Å². The van der Waals surface area contributed by atoms with E-state index in [1.54, 1.807) is 42.5 Å². The summed E-state index contributed by atoms with van der Waals surface area (Å²) in [5, 5.41) is 23.6. The van der Waals surface area contributed by atoms with Crippen molar-refractivity contribution in [3.05, 3.63) is 119 Å². The third-order valence-electron chi connectivity index (χ3n) is 6.48. The number of phenolic OH excluding ortho intramolecular Hbond substituents is 1. The van der Waals surface area contributed by atoms with E-state index in [9.17, 15) is 19.8 Å². The zero-order chi connectivity index (χ0) is 22.7. The zero-order valence-corrected chi connectivity index (χ0v) is 17.3. The Labute approximate surface area is 189 Å². The predicted molar refractivity (Wildman–Crippen MR) is 121 cm³/mol. The lowest BCUT2D eigenvalue weighted by molar-refractivity contribution is -0.255. The Hall–Kier alpha value is -4.38. The average Bonchev–Trinajstić information content (AvgIpc) is 2.82. The van der Waals surface area contributed by atoms with Gasteiger partial charge in [-0.3, -0.25) is 4.79 Å². The van der Waals surface area contributed by atoms with Crippen LogP contribution >= 0.6 is 0 Å². The minimum atomic E-state index is -1.23. The molecule has 0 fully saturated rings. The van der Waals surface area contributed by atoms with Gasteiger partial charge in [-0.25, -0.2) is 0 Å². The molecule has 1 aliphatic heterocycles. The van der Waals surface area contributed by atoms with Crippen molar-refractivity contribution < 1.29 is 24.5 Å². The Morgan fingerprint density at radius 2 is 1.82 bits per heavy atom. The molecule has 5 nitrogen and oxygen atoms in total. The summed E-state index contributed by atoms with van der Waals surface area (Å²) in [7, 11) is 0. The molecule has 0 spiro atoms. The lowest BCUT2D eigenvalue weighted by atomic mass is 9.72. The Bertz CT molecular complexity index is 1500. The Balaban J connectivity index is 1.67. The van der Waals surface area contributed by atoms with Crippen LogP contribution < -0.4 is 9.84 Å². The van der Waals surface area contributed by atoms with Gasteiger partial charge >= 0.3 is 0 Å². The molecule has 3 aromatic carbocycles. The molecule has 1 N–H and O–H groups in total. The quantitative estimate of drug-likeness (QED) is 0.662.